The monoisotopic (exact) mass is 437 g/mol. The van der Waals surface area contributed by atoms with Gasteiger partial charge in [-0.05, 0) is 12.5 Å². The average molecular weight is 438 g/mol. The smallest absolute Gasteiger partial charge is 0.550 e. The first kappa shape index (κ1) is 31.3. The molecule has 0 spiro atoms. The molecule has 0 aromatic heterocycles. The molecular weight excluding hydrogens is 399 g/mol. The first-order valence-corrected chi connectivity index (χ1v) is 10.5. The van der Waals surface area contributed by atoms with Gasteiger partial charge in [0.15, 0.2) is 0 Å². The molecule has 30 heavy (non-hydrogen) atoms. The van der Waals surface area contributed by atoms with Gasteiger partial charge in [-0.3, -0.25) is 9.59 Å². The van der Waals surface area contributed by atoms with Crippen molar-refractivity contribution < 1.29 is 63.7 Å². The zero-order valence-electron chi connectivity index (χ0n) is 19.1. The Bertz CT molecular complexity index is 518. The Labute approximate surface area is 202 Å². The van der Waals surface area contributed by atoms with Crippen LogP contribution in [0, 0.1) is 11.8 Å². The fourth-order valence-electron chi connectivity index (χ4n) is 3.05. The zero-order chi connectivity index (χ0) is 22.3. The minimum atomic E-state index is -1.13. The van der Waals surface area contributed by atoms with E-state index in [9.17, 15) is 24.6 Å². The number of unbranched alkanes of at least 4 members (excludes halogenated alkanes) is 2. The number of nitrogens with one attached hydrogen (secondary N) is 1. The van der Waals surface area contributed by atoms with Crippen LogP contribution in [0.4, 0.5) is 0 Å². The number of carboxylic acids is 2. The molecular formula is C21H38N2NaO6+. The summed E-state index contributed by atoms with van der Waals surface area (Å²) in [5.74, 6) is -3.39. The summed E-state index contributed by atoms with van der Waals surface area (Å²) in [5.41, 5.74) is 0. The van der Waals surface area contributed by atoms with E-state index >= 15 is 0 Å². The van der Waals surface area contributed by atoms with Crippen LogP contribution in [0.15, 0.2) is 12.2 Å². The van der Waals surface area contributed by atoms with E-state index in [1.807, 2.05) is 6.08 Å². The number of aliphatic hydroxyl groups is 1. The molecule has 0 aromatic rings. The van der Waals surface area contributed by atoms with E-state index < -0.39 is 23.8 Å². The van der Waals surface area contributed by atoms with Crippen LogP contribution in [0.2, 0.25) is 0 Å². The van der Waals surface area contributed by atoms with E-state index in [-0.39, 0.29) is 42.1 Å². The van der Waals surface area contributed by atoms with Crippen LogP contribution in [-0.2, 0) is 14.4 Å². The van der Waals surface area contributed by atoms with Gasteiger partial charge in [0.2, 0.25) is 5.91 Å². The van der Waals surface area contributed by atoms with Crippen molar-refractivity contribution >= 4 is 17.8 Å². The normalized spacial score (nSPS) is 15.1. The molecule has 168 valence electrons. The van der Waals surface area contributed by atoms with Crippen LogP contribution < -0.4 is 40.0 Å². The van der Waals surface area contributed by atoms with Crippen molar-refractivity contribution in [2.45, 2.75) is 52.9 Å². The third-order valence-corrected chi connectivity index (χ3v) is 5.35. The Balaban J connectivity index is 0. The Hall–Kier alpha value is -0.930. The molecule has 8 nitrogen and oxygen atoms in total. The maximum absolute atomic E-state index is 11.9. The summed E-state index contributed by atoms with van der Waals surface area (Å²) in [4.78, 5) is 34.2. The van der Waals surface area contributed by atoms with Crippen molar-refractivity contribution in [2.75, 3.05) is 39.3 Å². The minimum Gasteiger partial charge on any atom is -0.550 e. The molecule has 0 radical (unpaired) electrons. The number of carboxylic acid groups (broad SMARTS) is 2. The molecule has 0 saturated heterocycles. The molecule has 0 aliphatic rings. The maximum atomic E-state index is 11.9. The number of amides is 1. The Morgan fingerprint density at radius 1 is 1.07 bits per heavy atom. The molecule has 0 saturated carbocycles. The van der Waals surface area contributed by atoms with Gasteiger partial charge in [-0.15, -0.1) is 0 Å². The van der Waals surface area contributed by atoms with Crippen LogP contribution >= 0.6 is 0 Å². The largest absolute Gasteiger partial charge is 1.00 e. The van der Waals surface area contributed by atoms with Gasteiger partial charge in [-0.1, -0.05) is 39.7 Å². The summed E-state index contributed by atoms with van der Waals surface area (Å²) in [7, 11) is 0. The molecule has 0 fully saturated rings. The summed E-state index contributed by atoms with van der Waals surface area (Å²) in [6.45, 7) is 7.34. The molecule has 1 amide bonds. The molecule has 0 aromatic carbocycles. The molecule has 3 atom stereocenters. The minimum absolute atomic E-state index is 0. The third-order valence-electron chi connectivity index (χ3n) is 5.35. The van der Waals surface area contributed by atoms with Crippen molar-refractivity contribution in [1.29, 1.82) is 0 Å². The predicted octanol–water partition coefficient (Wildman–Crippen LogP) is -2.45. The first-order chi connectivity index (χ1) is 13.7. The Morgan fingerprint density at radius 2 is 1.67 bits per heavy atom. The summed E-state index contributed by atoms with van der Waals surface area (Å²) in [6.07, 6.45) is 7.05. The molecule has 0 heterocycles. The summed E-state index contributed by atoms with van der Waals surface area (Å²) < 4.78 is 0.353. The van der Waals surface area contributed by atoms with E-state index in [2.05, 4.69) is 12.2 Å². The van der Waals surface area contributed by atoms with Crippen LogP contribution in [0.3, 0.4) is 0 Å². The van der Waals surface area contributed by atoms with Gasteiger partial charge in [0.25, 0.3) is 0 Å². The van der Waals surface area contributed by atoms with E-state index in [0.717, 1.165) is 19.3 Å². The van der Waals surface area contributed by atoms with E-state index in [1.54, 1.807) is 13.8 Å². The summed E-state index contributed by atoms with van der Waals surface area (Å²) in [6, 6.07) is 0. The average Bonchev–Trinajstić information content (AvgIpc) is 2.67. The molecule has 9 heteroatoms. The fraction of sp³-hybridized carbons (Fsp3) is 0.762. The molecule has 3 N–H and O–H groups in total. The van der Waals surface area contributed by atoms with Gasteiger partial charge in [0, 0.05) is 24.7 Å². The van der Waals surface area contributed by atoms with E-state index in [4.69, 9.17) is 5.11 Å². The van der Waals surface area contributed by atoms with Crippen LogP contribution in [0.5, 0.6) is 0 Å². The Kier molecular flexibility index (Phi) is 18.5. The summed E-state index contributed by atoms with van der Waals surface area (Å²) >= 11 is 0. The van der Waals surface area contributed by atoms with Crippen molar-refractivity contribution in [3.05, 3.63) is 12.2 Å². The molecule has 3 unspecified atom stereocenters. The molecule has 0 aliphatic carbocycles. The predicted molar refractivity (Wildman–Crippen MR) is 109 cm³/mol. The maximum Gasteiger partial charge on any atom is 1.00 e. The first-order valence-electron chi connectivity index (χ1n) is 10.5. The fourth-order valence-corrected chi connectivity index (χ4v) is 3.05. The van der Waals surface area contributed by atoms with Crippen LogP contribution in [0.1, 0.15) is 52.9 Å². The van der Waals surface area contributed by atoms with Gasteiger partial charge in [-0.2, -0.15) is 0 Å². The topological polar surface area (TPSA) is 127 Å². The molecule has 0 bridgehead atoms. The second kappa shape index (κ2) is 17.7. The van der Waals surface area contributed by atoms with Crippen LogP contribution in [0.25, 0.3) is 0 Å². The number of aliphatic hydroxyl groups excluding tert-OH is 1. The number of rotatable bonds is 17. The SMILES string of the molecule is CCCC/C=C/C(=O)NCC[N+](CCO)(CCC(C)C(=O)[O-])CCC(C)C(=O)O.[Na+]. The standard InChI is InChI=1S/C21H38N2O6.Na/c1-4-5-6-7-8-19(25)22-11-14-23(15-16-24,12-9-17(2)20(26)27)13-10-18(3)21(28)29;/h7-8,17-18,24H,4-6,9-16H2,1-3H3,(H2-,22,25,26,27,28,29);/q;+1/b8-7+;. The third kappa shape index (κ3) is 14.1. The van der Waals surface area contributed by atoms with Gasteiger partial charge >= 0.3 is 35.5 Å². The number of aliphatic carboxylic acids is 2. The van der Waals surface area contributed by atoms with Gasteiger partial charge in [0.05, 0.1) is 38.7 Å². The number of quaternary nitrogens is 1. The van der Waals surface area contributed by atoms with Gasteiger partial charge < -0.3 is 29.9 Å². The molecule has 0 rings (SSSR count). The zero-order valence-corrected chi connectivity index (χ0v) is 21.1. The number of nitrogens with zero attached hydrogens (tertiary/aromatic N) is 1. The van der Waals surface area contributed by atoms with Crippen molar-refractivity contribution in [2.24, 2.45) is 11.8 Å². The van der Waals surface area contributed by atoms with E-state index in [1.165, 1.54) is 6.08 Å². The molecule has 0 aliphatic heterocycles. The van der Waals surface area contributed by atoms with E-state index in [0.29, 0.717) is 50.0 Å². The second-order valence-corrected chi connectivity index (χ2v) is 7.83. The number of hydrogen-bond donors (Lipinski definition) is 3. The summed E-state index contributed by atoms with van der Waals surface area (Å²) in [5, 5.41) is 32.6. The van der Waals surface area contributed by atoms with Crippen molar-refractivity contribution in [1.82, 2.24) is 5.32 Å². The number of hydrogen-bond acceptors (Lipinski definition) is 5. The van der Waals surface area contributed by atoms with Gasteiger partial charge in [-0.25, -0.2) is 0 Å². The quantitative estimate of drug-likeness (QED) is 0.100. The van der Waals surface area contributed by atoms with Crippen LogP contribution in [-0.4, -0.2) is 71.9 Å². The van der Waals surface area contributed by atoms with Crippen molar-refractivity contribution in [3.8, 4) is 0 Å². The Morgan fingerprint density at radius 3 is 2.17 bits per heavy atom. The van der Waals surface area contributed by atoms with Crippen molar-refractivity contribution in [3.63, 3.8) is 0 Å². The number of allylic oxidation sites excluding steroid dienone is 1. The number of carbonyl (C=O) groups excluding carboxylic acids is 2. The number of carbonyl (C=O) groups is 3. The second-order valence-electron chi connectivity index (χ2n) is 7.83. The van der Waals surface area contributed by atoms with Gasteiger partial charge in [0.1, 0.15) is 6.54 Å².